The van der Waals surface area contributed by atoms with Gasteiger partial charge in [-0.1, -0.05) is 54.6 Å². The van der Waals surface area contributed by atoms with Crippen LogP contribution in [-0.2, 0) is 16.6 Å². The topological polar surface area (TPSA) is 103 Å². The highest BCUT2D eigenvalue weighted by molar-refractivity contribution is 5.89. The van der Waals surface area contributed by atoms with Crippen LogP contribution in [0.5, 0.6) is 0 Å². The van der Waals surface area contributed by atoms with Crippen LogP contribution in [0.3, 0.4) is 0 Å². The van der Waals surface area contributed by atoms with E-state index in [2.05, 4.69) is 52.0 Å². The van der Waals surface area contributed by atoms with Gasteiger partial charge in [0, 0.05) is 48.6 Å². The van der Waals surface area contributed by atoms with E-state index >= 15 is 0 Å². The molecule has 1 saturated heterocycles. The molecule has 0 unspecified atom stereocenters. The van der Waals surface area contributed by atoms with Gasteiger partial charge in [-0.3, -0.25) is 4.79 Å². The summed E-state index contributed by atoms with van der Waals surface area (Å²) < 4.78 is 0. The number of rotatable bonds is 7. The van der Waals surface area contributed by atoms with E-state index < -0.39 is 6.04 Å². The van der Waals surface area contributed by atoms with E-state index in [1.165, 1.54) is 11.1 Å². The number of carbonyl (C=O) groups is 2. The van der Waals surface area contributed by atoms with Gasteiger partial charge in [0.15, 0.2) is 0 Å². The maximum Gasteiger partial charge on any atom is 0.318 e. The predicted octanol–water partition coefficient (Wildman–Crippen LogP) is 3.31. The molecule has 1 aromatic heterocycles. The number of allylic oxidation sites excluding steroid dienone is 1. The molecule has 182 valence electrons. The highest BCUT2D eigenvalue weighted by atomic mass is 16.2. The third kappa shape index (κ3) is 4.68. The molecule has 1 fully saturated rings. The average Bonchev–Trinajstić information content (AvgIpc) is 3.46. The van der Waals surface area contributed by atoms with Gasteiger partial charge in [-0.25, -0.2) is 4.79 Å². The molecule has 0 radical (unpaired) electrons. The summed E-state index contributed by atoms with van der Waals surface area (Å²) >= 11 is 0. The number of para-hydroxylation sites is 1. The first-order chi connectivity index (χ1) is 17.1. The molecule has 35 heavy (non-hydrogen) atoms. The number of piperidine rings is 1. The average molecular weight is 472 g/mol. The number of fused-ring (bicyclic) bond motifs is 3. The van der Waals surface area contributed by atoms with Crippen LogP contribution < -0.4 is 16.4 Å². The monoisotopic (exact) mass is 471 g/mol. The van der Waals surface area contributed by atoms with Crippen molar-refractivity contribution in [1.29, 1.82) is 0 Å². The van der Waals surface area contributed by atoms with Crippen molar-refractivity contribution in [1.82, 2.24) is 20.5 Å². The van der Waals surface area contributed by atoms with Gasteiger partial charge < -0.3 is 26.3 Å². The minimum Gasteiger partial charge on any atom is -0.361 e. The van der Waals surface area contributed by atoms with Gasteiger partial charge in [-0.15, -0.1) is 0 Å². The molecule has 1 atom stereocenters. The van der Waals surface area contributed by atoms with E-state index in [-0.39, 0.29) is 17.4 Å². The quantitative estimate of drug-likeness (QED) is 0.398. The number of H-pyrrole nitrogens is 1. The standard InChI is InChI=1S/C28H33N5O2/c29-14-5-15-30-26(34)25(18-21-19-31-24-9-4-2-7-22(21)24)32-27(35)33-16-12-28(13-17-33)11-10-20-6-1-3-8-23(20)28/h1-4,6-11,19,25,31H,5,12-18,29H2,(H,30,34)(H,32,35)/t25-/m0/s1. The van der Waals surface area contributed by atoms with Crippen LogP contribution in [0.1, 0.15) is 36.0 Å². The van der Waals surface area contributed by atoms with Crippen LogP contribution in [0, 0.1) is 0 Å². The van der Waals surface area contributed by atoms with Crippen molar-refractivity contribution in [3.05, 3.63) is 77.5 Å². The maximum atomic E-state index is 13.3. The Hall–Kier alpha value is -3.58. The maximum absolute atomic E-state index is 13.3. The lowest BCUT2D eigenvalue weighted by molar-refractivity contribution is -0.122. The minimum atomic E-state index is -0.664. The van der Waals surface area contributed by atoms with Gasteiger partial charge in [-0.05, 0) is 48.6 Å². The molecule has 7 heteroatoms. The van der Waals surface area contributed by atoms with Crippen molar-refractivity contribution in [3.63, 3.8) is 0 Å². The molecule has 2 heterocycles. The van der Waals surface area contributed by atoms with Crippen LogP contribution in [0.2, 0.25) is 0 Å². The van der Waals surface area contributed by atoms with Crippen LogP contribution in [0.15, 0.2) is 60.8 Å². The van der Waals surface area contributed by atoms with Crippen LogP contribution in [-0.4, -0.2) is 54.0 Å². The summed E-state index contributed by atoms with van der Waals surface area (Å²) in [6.07, 6.45) is 9.30. The largest absolute Gasteiger partial charge is 0.361 e. The van der Waals surface area contributed by atoms with Gasteiger partial charge in [0.2, 0.25) is 5.91 Å². The number of urea groups is 1. The van der Waals surface area contributed by atoms with E-state index in [1.54, 1.807) is 0 Å². The van der Waals surface area contributed by atoms with Gasteiger partial charge in [-0.2, -0.15) is 0 Å². The van der Waals surface area contributed by atoms with Crippen molar-refractivity contribution in [3.8, 4) is 0 Å². The van der Waals surface area contributed by atoms with E-state index in [0.717, 1.165) is 29.3 Å². The third-order valence-electron chi connectivity index (χ3n) is 7.42. The number of nitrogens with zero attached hydrogens (tertiary/aromatic N) is 1. The third-order valence-corrected chi connectivity index (χ3v) is 7.42. The highest BCUT2D eigenvalue weighted by Crippen LogP contribution is 2.43. The number of amides is 3. The Kier molecular flexibility index (Phi) is 6.59. The first-order valence-corrected chi connectivity index (χ1v) is 12.5. The van der Waals surface area contributed by atoms with Gasteiger partial charge in [0.1, 0.15) is 6.04 Å². The summed E-state index contributed by atoms with van der Waals surface area (Å²) in [6.45, 7) is 2.30. The number of carbonyl (C=O) groups excluding carboxylic acids is 2. The van der Waals surface area contributed by atoms with Gasteiger partial charge in [0.25, 0.3) is 0 Å². The molecule has 5 N–H and O–H groups in total. The number of benzene rings is 2. The van der Waals surface area contributed by atoms with Gasteiger partial charge >= 0.3 is 6.03 Å². The lowest BCUT2D eigenvalue weighted by Gasteiger charge is -2.39. The van der Waals surface area contributed by atoms with E-state index in [1.807, 2.05) is 35.4 Å². The van der Waals surface area contributed by atoms with Crippen molar-refractivity contribution in [2.24, 2.45) is 5.73 Å². The second kappa shape index (κ2) is 9.96. The molecule has 1 spiro atoms. The molecule has 0 bridgehead atoms. The van der Waals surface area contributed by atoms with Crippen molar-refractivity contribution in [2.75, 3.05) is 26.2 Å². The first kappa shape index (κ1) is 23.2. The SMILES string of the molecule is NCCCNC(=O)[C@H](Cc1c[nH]c2ccccc12)NC(=O)N1CCC2(C=Cc3ccccc32)CC1. The smallest absolute Gasteiger partial charge is 0.318 e. The van der Waals surface area contributed by atoms with Crippen LogP contribution >= 0.6 is 0 Å². The second-order valence-electron chi connectivity index (χ2n) is 9.56. The van der Waals surface area contributed by atoms with Crippen LogP contribution in [0.25, 0.3) is 17.0 Å². The summed E-state index contributed by atoms with van der Waals surface area (Å²) in [5, 5.41) is 7.02. The van der Waals surface area contributed by atoms with Crippen molar-refractivity contribution in [2.45, 2.75) is 37.1 Å². The Morgan fingerprint density at radius 3 is 2.69 bits per heavy atom. The second-order valence-corrected chi connectivity index (χ2v) is 9.56. The number of hydrogen-bond donors (Lipinski definition) is 4. The molecular formula is C28H33N5O2. The van der Waals surface area contributed by atoms with Crippen molar-refractivity contribution < 1.29 is 9.59 Å². The Balaban J connectivity index is 1.27. The fourth-order valence-corrected chi connectivity index (χ4v) is 5.39. The number of hydrogen-bond acceptors (Lipinski definition) is 3. The zero-order chi connectivity index (χ0) is 24.3. The molecular weight excluding hydrogens is 438 g/mol. The molecule has 1 aliphatic carbocycles. The summed E-state index contributed by atoms with van der Waals surface area (Å²) in [6, 6.07) is 15.7. The summed E-state index contributed by atoms with van der Waals surface area (Å²) in [5.41, 5.74) is 10.2. The highest BCUT2D eigenvalue weighted by Gasteiger charge is 2.39. The summed E-state index contributed by atoms with van der Waals surface area (Å²) in [4.78, 5) is 31.4. The minimum absolute atomic E-state index is 0.0103. The fraction of sp³-hybridized carbons (Fsp3) is 0.357. The number of aromatic nitrogens is 1. The summed E-state index contributed by atoms with van der Waals surface area (Å²) in [7, 11) is 0. The normalized spacial score (nSPS) is 16.9. The zero-order valence-electron chi connectivity index (χ0n) is 19.9. The Labute approximate surface area is 205 Å². The van der Waals surface area contributed by atoms with Crippen LogP contribution in [0.4, 0.5) is 4.79 Å². The molecule has 2 aromatic carbocycles. The Bertz CT molecular complexity index is 1240. The molecule has 1 aliphatic heterocycles. The predicted molar refractivity (Wildman–Crippen MR) is 139 cm³/mol. The number of aromatic amines is 1. The lowest BCUT2D eigenvalue weighted by atomic mass is 9.74. The lowest BCUT2D eigenvalue weighted by Crippen LogP contribution is -2.54. The molecule has 3 amide bonds. The van der Waals surface area contributed by atoms with E-state index in [0.29, 0.717) is 39.0 Å². The summed E-state index contributed by atoms with van der Waals surface area (Å²) in [5.74, 6) is -0.182. The zero-order valence-corrected chi connectivity index (χ0v) is 19.9. The number of likely N-dealkylation sites (tertiary alicyclic amines) is 1. The Morgan fingerprint density at radius 1 is 1.09 bits per heavy atom. The van der Waals surface area contributed by atoms with Gasteiger partial charge in [0.05, 0.1) is 0 Å². The molecule has 7 nitrogen and oxygen atoms in total. The number of nitrogens with two attached hydrogens (primary N) is 1. The number of nitrogens with one attached hydrogen (secondary N) is 3. The Morgan fingerprint density at radius 2 is 1.86 bits per heavy atom. The molecule has 0 saturated carbocycles. The molecule has 2 aliphatic rings. The molecule has 3 aromatic rings. The van der Waals surface area contributed by atoms with E-state index in [9.17, 15) is 9.59 Å². The molecule has 5 rings (SSSR count). The van der Waals surface area contributed by atoms with Crippen molar-refractivity contribution >= 4 is 28.9 Å². The first-order valence-electron chi connectivity index (χ1n) is 12.5. The fourth-order valence-electron chi connectivity index (χ4n) is 5.39. The van der Waals surface area contributed by atoms with E-state index in [4.69, 9.17) is 5.73 Å².